The van der Waals surface area contributed by atoms with Gasteiger partial charge >= 0.3 is 0 Å². The molecule has 0 aliphatic carbocycles. The van der Waals surface area contributed by atoms with Gasteiger partial charge in [-0.15, -0.1) is 0 Å². The smallest absolute Gasteiger partial charge is 0.241 e. The summed E-state index contributed by atoms with van der Waals surface area (Å²) in [6.45, 7) is 4.06. The fourth-order valence-corrected chi connectivity index (χ4v) is 3.24. The van der Waals surface area contributed by atoms with Gasteiger partial charge in [0.1, 0.15) is 5.75 Å². The van der Waals surface area contributed by atoms with E-state index in [1.807, 2.05) is 6.92 Å². The largest absolute Gasteiger partial charge is 0.497 e. The predicted octanol–water partition coefficient (Wildman–Crippen LogP) is 1.63. The fourth-order valence-electron chi connectivity index (χ4n) is 2.72. The van der Waals surface area contributed by atoms with Crippen molar-refractivity contribution in [3.05, 3.63) is 48.5 Å². The molecular formula is C20H26N4O5S. The van der Waals surface area contributed by atoms with Crippen LogP contribution in [0.25, 0.3) is 0 Å². The minimum Gasteiger partial charge on any atom is -0.497 e. The number of anilines is 2. The van der Waals surface area contributed by atoms with Crippen LogP contribution < -0.4 is 20.5 Å². The summed E-state index contributed by atoms with van der Waals surface area (Å²) in [4.78, 5) is 26.6. The summed E-state index contributed by atoms with van der Waals surface area (Å²) in [6.07, 6.45) is 0. The Morgan fingerprint density at radius 1 is 1.03 bits per heavy atom. The molecule has 4 N–H and O–H groups in total. The SMILES string of the molecule is CCN(CC(=O)Nc1ccc(OC)cc1)C(C)C(=O)Nc1ccc(S(N)(=O)=O)cc1. The molecule has 0 aliphatic heterocycles. The van der Waals surface area contributed by atoms with E-state index in [1.165, 1.54) is 24.3 Å². The molecule has 2 aromatic rings. The summed E-state index contributed by atoms with van der Waals surface area (Å²) in [7, 11) is -2.23. The topological polar surface area (TPSA) is 131 Å². The van der Waals surface area contributed by atoms with Gasteiger partial charge in [0.15, 0.2) is 0 Å². The Labute approximate surface area is 176 Å². The number of hydrogen-bond donors (Lipinski definition) is 3. The molecule has 2 amide bonds. The first-order valence-corrected chi connectivity index (χ1v) is 10.8. The van der Waals surface area contributed by atoms with Crippen molar-refractivity contribution in [2.45, 2.75) is 24.8 Å². The van der Waals surface area contributed by atoms with Crippen molar-refractivity contribution in [1.82, 2.24) is 4.90 Å². The minimum absolute atomic E-state index is 0.0292. The summed E-state index contributed by atoms with van der Waals surface area (Å²) >= 11 is 0. The van der Waals surface area contributed by atoms with Crippen LogP contribution in [0.4, 0.5) is 11.4 Å². The number of primary sulfonamides is 1. The second kappa shape index (κ2) is 10.2. The summed E-state index contributed by atoms with van der Waals surface area (Å²) in [6, 6.07) is 11.9. The van der Waals surface area contributed by atoms with Crippen molar-refractivity contribution in [2.24, 2.45) is 5.14 Å². The normalized spacial score (nSPS) is 12.3. The number of nitrogens with two attached hydrogens (primary N) is 1. The van der Waals surface area contributed by atoms with E-state index in [-0.39, 0.29) is 23.3 Å². The van der Waals surface area contributed by atoms with Gasteiger partial charge in [0.2, 0.25) is 21.8 Å². The Morgan fingerprint density at radius 3 is 2.07 bits per heavy atom. The first-order chi connectivity index (χ1) is 14.1. The third kappa shape index (κ3) is 6.55. The number of ether oxygens (including phenoxy) is 1. The number of rotatable bonds is 9. The van der Waals surface area contributed by atoms with E-state index in [2.05, 4.69) is 10.6 Å². The lowest BCUT2D eigenvalue weighted by atomic mass is 10.2. The Balaban J connectivity index is 1.95. The lowest BCUT2D eigenvalue weighted by Crippen LogP contribution is -2.45. The van der Waals surface area contributed by atoms with Gasteiger partial charge in [0.05, 0.1) is 24.6 Å². The van der Waals surface area contributed by atoms with Crippen LogP contribution in [0.1, 0.15) is 13.8 Å². The number of likely N-dealkylation sites (N-methyl/N-ethyl adjacent to an activating group) is 1. The first kappa shape index (κ1) is 23.3. The number of carbonyl (C=O) groups is 2. The van der Waals surface area contributed by atoms with Crippen LogP contribution in [0.2, 0.25) is 0 Å². The Kier molecular flexibility index (Phi) is 7.93. The molecule has 30 heavy (non-hydrogen) atoms. The van der Waals surface area contributed by atoms with Gasteiger partial charge in [0.25, 0.3) is 0 Å². The van der Waals surface area contributed by atoms with Crippen molar-refractivity contribution in [3.8, 4) is 5.75 Å². The predicted molar refractivity (Wildman–Crippen MR) is 115 cm³/mol. The number of carbonyl (C=O) groups excluding carboxylic acids is 2. The van der Waals surface area contributed by atoms with E-state index in [4.69, 9.17) is 9.88 Å². The molecule has 0 saturated carbocycles. The molecule has 0 fully saturated rings. The van der Waals surface area contributed by atoms with Gasteiger partial charge in [-0.25, -0.2) is 13.6 Å². The van der Waals surface area contributed by atoms with Crippen LogP contribution >= 0.6 is 0 Å². The van der Waals surface area contributed by atoms with E-state index in [0.29, 0.717) is 23.7 Å². The maximum Gasteiger partial charge on any atom is 0.241 e. The molecule has 1 unspecified atom stereocenters. The molecular weight excluding hydrogens is 408 g/mol. The number of amides is 2. The highest BCUT2D eigenvalue weighted by molar-refractivity contribution is 7.89. The van der Waals surface area contributed by atoms with Crippen LogP contribution in [-0.2, 0) is 19.6 Å². The van der Waals surface area contributed by atoms with E-state index in [9.17, 15) is 18.0 Å². The molecule has 1 atom stereocenters. The highest BCUT2D eigenvalue weighted by Crippen LogP contribution is 2.16. The van der Waals surface area contributed by atoms with Gasteiger partial charge in [-0.3, -0.25) is 14.5 Å². The lowest BCUT2D eigenvalue weighted by molar-refractivity contribution is -0.123. The van der Waals surface area contributed by atoms with E-state index in [1.54, 1.807) is 43.2 Å². The van der Waals surface area contributed by atoms with E-state index >= 15 is 0 Å². The van der Waals surface area contributed by atoms with Gasteiger partial charge in [0, 0.05) is 11.4 Å². The monoisotopic (exact) mass is 434 g/mol. The van der Waals surface area contributed by atoms with Gasteiger partial charge < -0.3 is 15.4 Å². The highest BCUT2D eigenvalue weighted by Gasteiger charge is 2.22. The average Bonchev–Trinajstić information content (AvgIpc) is 2.71. The fraction of sp³-hybridized carbons (Fsp3) is 0.300. The minimum atomic E-state index is -3.80. The van der Waals surface area contributed by atoms with Crippen molar-refractivity contribution in [1.29, 1.82) is 0 Å². The maximum absolute atomic E-state index is 12.6. The quantitative estimate of drug-likeness (QED) is 0.550. The molecule has 9 nitrogen and oxygen atoms in total. The molecule has 0 heterocycles. The molecule has 0 saturated heterocycles. The van der Waals surface area contributed by atoms with Crippen molar-refractivity contribution in [2.75, 3.05) is 30.8 Å². The van der Waals surface area contributed by atoms with Crippen LogP contribution in [0.15, 0.2) is 53.4 Å². The molecule has 0 spiro atoms. The molecule has 0 aromatic heterocycles. The van der Waals surface area contributed by atoms with Crippen LogP contribution in [0.5, 0.6) is 5.75 Å². The molecule has 2 aromatic carbocycles. The van der Waals surface area contributed by atoms with Gasteiger partial charge in [-0.2, -0.15) is 0 Å². The van der Waals surface area contributed by atoms with Gasteiger partial charge in [-0.05, 0) is 62.0 Å². The highest BCUT2D eigenvalue weighted by atomic mass is 32.2. The number of methoxy groups -OCH3 is 1. The Hall–Kier alpha value is -2.95. The average molecular weight is 435 g/mol. The van der Waals surface area contributed by atoms with E-state index < -0.39 is 16.1 Å². The standard InChI is InChI=1S/C20H26N4O5S/c1-4-24(13-19(25)22-15-5-9-17(29-3)10-6-15)14(2)20(26)23-16-7-11-18(12-8-16)30(21,27)28/h5-12,14H,4,13H2,1-3H3,(H,22,25)(H,23,26)(H2,21,27,28). The molecule has 0 bridgehead atoms. The second-order valence-electron chi connectivity index (χ2n) is 6.57. The number of benzene rings is 2. The summed E-state index contributed by atoms with van der Waals surface area (Å²) in [5, 5.41) is 10.6. The second-order valence-corrected chi connectivity index (χ2v) is 8.14. The molecule has 0 aliphatic rings. The van der Waals surface area contributed by atoms with Crippen molar-refractivity contribution >= 4 is 33.2 Å². The lowest BCUT2D eigenvalue weighted by Gasteiger charge is -2.26. The number of sulfonamides is 1. The Morgan fingerprint density at radius 2 is 1.57 bits per heavy atom. The van der Waals surface area contributed by atoms with Crippen LogP contribution in [0, 0.1) is 0 Å². The zero-order chi connectivity index (χ0) is 22.3. The zero-order valence-electron chi connectivity index (χ0n) is 17.1. The van der Waals surface area contributed by atoms with Gasteiger partial charge in [-0.1, -0.05) is 6.92 Å². The summed E-state index contributed by atoms with van der Waals surface area (Å²) in [5.74, 6) is 0.113. The van der Waals surface area contributed by atoms with Crippen LogP contribution in [-0.4, -0.2) is 51.4 Å². The molecule has 162 valence electrons. The zero-order valence-corrected chi connectivity index (χ0v) is 17.9. The molecule has 10 heteroatoms. The molecule has 2 rings (SSSR count). The number of hydrogen-bond acceptors (Lipinski definition) is 6. The van der Waals surface area contributed by atoms with Crippen molar-refractivity contribution < 1.29 is 22.7 Å². The van der Waals surface area contributed by atoms with Crippen molar-refractivity contribution in [3.63, 3.8) is 0 Å². The third-order valence-electron chi connectivity index (χ3n) is 4.50. The third-order valence-corrected chi connectivity index (χ3v) is 5.43. The number of nitrogens with one attached hydrogen (secondary N) is 2. The molecule has 0 radical (unpaired) electrons. The summed E-state index contributed by atoms with van der Waals surface area (Å²) in [5.41, 5.74) is 1.06. The van der Waals surface area contributed by atoms with E-state index in [0.717, 1.165) is 0 Å². The number of nitrogens with zero attached hydrogens (tertiary/aromatic N) is 1. The first-order valence-electron chi connectivity index (χ1n) is 9.25. The maximum atomic E-state index is 12.6. The summed E-state index contributed by atoms with van der Waals surface area (Å²) < 4.78 is 27.7. The Bertz CT molecular complexity index is 975. The van der Waals surface area contributed by atoms with Crippen LogP contribution in [0.3, 0.4) is 0 Å².